The van der Waals surface area contributed by atoms with Crippen LogP contribution in [0.3, 0.4) is 0 Å². The summed E-state index contributed by atoms with van der Waals surface area (Å²) < 4.78 is 36.8. The van der Waals surface area contributed by atoms with Gasteiger partial charge in [0.1, 0.15) is 12.2 Å². The molecule has 10 heteroatoms. The van der Waals surface area contributed by atoms with E-state index < -0.39 is 42.6 Å². The Balaban J connectivity index is 2.53. The smallest absolute Gasteiger partial charge is 0.417 e. The zero-order chi connectivity index (χ0) is 16.0. The number of aliphatic carboxylic acids is 1. The predicted molar refractivity (Wildman–Crippen MR) is 62.2 cm³/mol. The lowest BCUT2D eigenvalue weighted by Crippen LogP contribution is -2.39. The van der Waals surface area contributed by atoms with Crippen molar-refractivity contribution in [2.24, 2.45) is 0 Å². The molecule has 0 spiro atoms. The number of carbonyl (C=O) groups excluding carboxylic acids is 2. The SMILES string of the molecule is O=C(O)CNC(=O)CNC(=O)c1ccc(C(F)(F)F)cn1. The summed E-state index contributed by atoms with van der Waals surface area (Å²) in [5.41, 5.74) is -1.30. The Morgan fingerprint density at radius 1 is 1.14 bits per heavy atom. The van der Waals surface area contributed by atoms with Gasteiger partial charge in [0.2, 0.25) is 5.91 Å². The summed E-state index contributed by atoms with van der Waals surface area (Å²) in [5.74, 6) is -2.86. The van der Waals surface area contributed by atoms with Crippen LogP contribution in [0.4, 0.5) is 13.2 Å². The van der Waals surface area contributed by atoms with E-state index in [2.05, 4.69) is 10.3 Å². The van der Waals surface area contributed by atoms with Crippen LogP contribution >= 0.6 is 0 Å². The van der Waals surface area contributed by atoms with Crippen LogP contribution in [0, 0.1) is 0 Å². The van der Waals surface area contributed by atoms with E-state index in [1.165, 1.54) is 0 Å². The molecule has 7 nitrogen and oxygen atoms in total. The third kappa shape index (κ3) is 5.47. The summed E-state index contributed by atoms with van der Waals surface area (Å²) in [7, 11) is 0. The predicted octanol–water partition coefficient (Wildman–Crippen LogP) is 0.0310. The minimum Gasteiger partial charge on any atom is -0.480 e. The van der Waals surface area contributed by atoms with Gasteiger partial charge < -0.3 is 15.7 Å². The van der Waals surface area contributed by atoms with Gasteiger partial charge in [-0.2, -0.15) is 13.2 Å². The molecule has 0 aliphatic carbocycles. The highest BCUT2D eigenvalue weighted by molar-refractivity contribution is 5.95. The fourth-order valence-electron chi connectivity index (χ4n) is 1.18. The van der Waals surface area contributed by atoms with Gasteiger partial charge in [-0.1, -0.05) is 0 Å². The normalized spacial score (nSPS) is 10.8. The van der Waals surface area contributed by atoms with E-state index >= 15 is 0 Å². The second kappa shape index (κ2) is 6.68. The second-order valence-corrected chi connectivity index (χ2v) is 3.78. The Kier molecular flexibility index (Phi) is 5.22. The number of nitrogens with one attached hydrogen (secondary N) is 2. The average molecular weight is 305 g/mol. The largest absolute Gasteiger partial charge is 0.480 e. The number of hydrogen-bond donors (Lipinski definition) is 3. The van der Waals surface area contributed by atoms with Gasteiger partial charge in [0.25, 0.3) is 5.91 Å². The molecule has 1 aromatic rings. The number of halogens is 3. The van der Waals surface area contributed by atoms with Gasteiger partial charge in [-0.25, -0.2) is 0 Å². The van der Waals surface area contributed by atoms with Crippen molar-refractivity contribution in [3.05, 3.63) is 29.6 Å². The van der Waals surface area contributed by atoms with Crippen LogP contribution < -0.4 is 10.6 Å². The van der Waals surface area contributed by atoms with E-state index in [9.17, 15) is 27.6 Å². The molecule has 0 aliphatic rings. The standard InChI is InChI=1S/C11H10F3N3O4/c12-11(13,14)6-1-2-7(15-3-6)10(21)17-4-8(18)16-5-9(19)20/h1-3H,4-5H2,(H,16,18)(H,17,21)(H,19,20). The van der Waals surface area contributed by atoms with Crippen molar-refractivity contribution >= 4 is 17.8 Å². The van der Waals surface area contributed by atoms with Gasteiger partial charge in [0, 0.05) is 6.20 Å². The molecule has 0 atom stereocenters. The first-order valence-electron chi connectivity index (χ1n) is 5.50. The van der Waals surface area contributed by atoms with Crippen LogP contribution in [0.5, 0.6) is 0 Å². The summed E-state index contributed by atoms with van der Waals surface area (Å²) in [4.78, 5) is 36.1. The third-order valence-electron chi connectivity index (χ3n) is 2.17. The van der Waals surface area contributed by atoms with E-state index in [0.29, 0.717) is 12.3 Å². The van der Waals surface area contributed by atoms with Gasteiger partial charge in [-0.05, 0) is 12.1 Å². The molecule has 0 radical (unpaired) electrons. The zero-order valence-electron chi connectivity index (χ0n) is 10.4. The van der Waals surface area contributed by atoms with Gasteiger partial charge >= 0.3 is 12.1 Å². The molecular formula is C11H10F3N3O4. The molecule has 0 saturated heterocycles. The molecule has 0 unspecified atom stereocenters. The molecule has 21 heavy (non-hydrogen) atoms. The van der Waals surface area contributed by atoms with Crippen molar-refractivity contribution in [1.82, 2.24) is 15.6 Å². The van der Waals surface area contributed by atoms with Gasteiger partial charge in [-0.3, -0.25) is 19.4 Å². The molecule has 3 N–H and O–H groups in total. The minimum absolute atomic E-state index is 0.297. The summed E-state index contributed by atoms with van der Waals surface area (Å²) >= 11 is 0. The number of pyridine rings is 1. The van der Waals surface area contributed by atoms with Gasteiger partial charge in [0.05, 0.1) is 12.1 Å². The molecular weight excluding hydrogens is 295 g/mol. The number of hydrogen-bond acceptors (Lipinski definition) is 4. The van der Waals surface area contributed by atoms with Crippen LogP contribution in [-0.4, -0.2) is 41.0 Å². The Labute approximate surface area is 116 Å². The van der Waals surface area contributed by atoms with Crippen molar-refractivity contribution in [2.75, 3.05) is 13.1 Å². The van der Waals surface area contributed by atoms with Gasteiger partial charge in [0.15, 0.2) is 0 Å². The lowest BCUT2D eigenvalue weighted by molar-refractivity contribution is -0.138. The summed E-state index contributed by atoms with van der Waals surface area (Å²) in [6.45, 7) is -1.12. The highest BCUT2D eigenvalue weighted by Gasteiger charge is 2.30. The molecule has 1 rings (SSSR count). The highest BCUT2D eigenvalue weighted by Crippen LogP contribution is 2.28. The van der Waals surface area contributed by atoms with Crippen molar-refractivity contribution < 1.29 is 32.7 Å². The van der Waals surface area contributed by atoms with Gasteiger partial charge in [-0.15, -0.1) is 0 Å². The Hall–Kier alpha value is -2.65. The lowest BCUT2D eigenvalue weighted by Gasteiger charge is -2.07. The number of carboxylic acid groups (broad SMARTS) is 1. The third-order valence-corrected chi connectivity index (χ3v) is 2.17. The molecule has 0 saturated carbocycles. The first kappa shape index (κ1) is 16.4. The fourth-order valence-corrected chi connectivity index (χ4v) is 1.18. The van der Waals surface area contributed by atoms with Crippen LogP contribution in [0.15, 0.2) is 18.3 Å². The maximum absolute atomic E-state index is 12.3. The fraction of sp³-hybridized carbons (Fsp3) is 0.273. The summed E-state index contributed by atoms with van der Waals surface area (Å²) in [6, 6.07) is 1.56. The van der Waals surface area contributed by atoms with Crippen molar-refractivity contribution in [3.63, 3.8) is 0 Å². The number of nitrogens with zero attached hydrogens (tertiary/aromatic N) is 1. The number of alkyl halides is 3. The van der Waals surface area contributed by atoms with Crippen LogP contribution in [0.2, 0.25) is 0 Å². The molecule has 0 aliphatic heterocycles. The molecule has 0 fully saturated rings. The highest BCUT2D eigenvalue weighted by atomic mass is 19.4. The number of aromatic nitrogens is 1. The number of rotatable bonds is 5. The molecule has 114 valence electrons. The molecule has 0 aromatic carbocycles. The van der Waals surface area contributed by atoms with Crippen molar-refractivity contribution in [1.29, 1.82) is 0 Å². The van der Waals surface area contributed by atoms with E-state index in [1.54, 1.807) is 0 Å². The summed E-state index contributed by atoms with van der Waals surface area (Å²) in [5, 5.41) is 12.4. The average Bonchev–Trinajstić information content (AvgIpc) is 2.41. The first-order valence-corrected chi connectivity index (χ1v) is 5.50. The van der Waals surface area contributed by atoms with E-state index in [0.717, 1.165) is 6.07 Å². The van der Waals surface area contributed by atoms with E-state index in [1.807, 2.05) is 5.32 Å². The minimum atomic E-state index is -4.56. The molecule has 0 bridgehead atoms. The van der Waals surface area contributed by atoms with E-state index in [4.69, 9.17) is 5.11 Å². The van der Waals surface area contributed by atoms with Crippen molar-refractivity contribution in [3.8, 4) is 0 Å². The Morgan fingerprint density at radius 2 is 1.81 bits per heavy atom. The summed E-state index contributed by atoms with van der Waals surface area (Å²) in [6.07, 6.45) is -4.06. The number of amides is 2. The zero-order valence-corrected chi connectivity index (χ0v) is 10.4. The topological polar surface area (TPSA) is 108 Å². The molecule has 1 heterocycles. The quantitative estimate of drug-likeness (QED) is 0.711. The molecule has 1 aromatic heterocycles. The van der Waals surface area contributed by atoms with Crippen molar-refractivity contribution in [2.45, 2.75) is 6.18 Å². The number of carbonyl (C=O) groups is 3. The Bertz CT molecular complexity index is 543. The second-order valence-electron chi connectivity index (χ2n) is 3.78. The van der Waals surface area contributed by atoms with E-state index in [-0.39, 0.29) is 5.69 Å². The van der Waals surface area contributed by atoms with Crippen LogP contribution in [0.1, 0.15) is 16.1 Å². The monoisotopic (exact) mass is 305 g/mol. The lowest BCUT2D eigenvalue weighted by atomic mass is 10.2. The Morgan fingerprint density at radius 3 is 2.29 bits per heavy atom. The first-order chi connectivity index (χ1) is 9.70. The van der Waals surface area contributed by atoms with Crippen LogP contribution in [0.25, 0.3) is 0 Å². The maximum atomic E-state index is 12.3. The maximum Gasteiger partial charge on any atom is 0.417 e. The number of carboxylic acids is 1. The molecule has 2 amide bonds. The van der Waals surface area contributed by atoms with Crippen LogP contribution in [-0.2, 0) is 15.8 Å².